The lowest BCUT2D eigenvalue weighted by atomic mass is 9.81. The highest BCUT2D eigenvalue weighted by Gasteiger charge is 2.36. The molecule has 0 atom stereocenters. The Labute approximate surface area is 271 Å². The highest BCUT2D eigenvalue weighted by atomic mass is 15.1. The van der Waals surface area contributed by atoms with Gasteiger partial charge in [0, 0.05) is 22.5 Å². The predicted octanol–water partition coefficient (Wildman–Crippen LogP) is 11.7. The number of nitrogens with zero attached hydrogens (tertiary/aromatic N) is 2. The molecule has 0 amide bonds. The summed E-state index contributed by atoms with van der Waals surface area (Å²) in [6.45, 7) is 4.65. The minimum atomic E-state index is -0.167. The Morgan fingerprint density at radius 2 is 0.913 bits per heavy atom. The number of hydrogen-bond acceptors (Lipinski definition) is 2. The highest BCUT2D eigenvalue weighted by Crippen LogP contribution is 2.51. The van der Waals surface area contributed by atoms with Gasteiger partial charge in [0.15, 0.2) is 0 Å². The molecule has 0 aliphatic heterocycles. The van der Waals surface area contributed by atoms with Crippen molar-refractivity contribution in [3.63, 3.8) is 0 Å². The Morgan fingerprint density at radius 3 is 1.48 bits per heavy atom. The lowest BCUT2D eigenvalue weighted by molar-refractivity contribution is 0.660. The molecule has 7 rings (SSSR count). The summed E-state index contributed by atoms with van der Waals surface area (Å²) in [5, 5.41) is 9.45. The molecular weight excluding hydrogens is 556 g/mol. The first-order valence-electron chi connectivity index (χ1n) is 15.7. The number of benzene rings is 6. The van der Waals surface area contributed by atoms with E-state index in [0.29, 0.717) is 5.56 Å². The molecule has 2 nitrogen and oxygen atoms in total. The molecule has 46 heavy (non-hydrogen) atoms. The second kappa shape index (κ2) is 12.2. The molecule has 0 saturated heterocycles. The second-order valence-corrected chi connectivity index (χ2v) is 12.2. The minimum Gasteiger partial charge on any atom is -0.310 e. The molecule has 0 aromatic heterocycles. The molecule has 0 spiro atoms. The first-order valence-corrected chi connectivity index (χ1v) is 15.7. The van der Waals surface area contributed by atoms with Crippen molar-refractivity contribution in [1.29, 1.82) is 5.26 Å². The summed E-state index contributed by atoms with van der Waals surface area (Å²) in [5.74, 6) is 0. The summed E-state index contributed by atoms with van der Waals surface area (Å²) >= 11 is 0. The Morgan fingerprint density at radius 1 is 0.478 bits per heavy atom. The molecule has 0 heterocycles. The van der Waals surface area contributed by atoms with Crippen LogP contribution in [0.3, 0.4) is 0 Å². The number of rotatable bonds is 7. The SMILES string of the molecule is CC1(C)c2cc(C=Cc3ccccc3)ccc2-c2ccc(N(c3ccc(C#N)cc3)c3ccc(C=Cc4ccccc4)cc3)cc21. The standard InChI is InChI=1S/C44H34N2/c1-44(2)42-29-35(16-15-33-11-7-4-8-12-33)21-27-40(42)41-28-26-39(30-43(41)44)46(38-24-19-36(31-45)20-25-38)37-22-17-34(18-23-37)14-13-32-9-5-3-6-10-32/h3-30H,1-2H3. The quantitative estimate of drug-likeness (QED) is 0.173. The summed E-state index contributed by atoms with van der Waals surface area (Å²) in [6.07, 6.45) is 8.65. The number of hydrogen-bond donors (Lipinski definition) is 0. The average Bonchev–Trinajstić information content (AvgIpc) is 3.33. The molecule has 0 radical (unpaired) electrons. The first-order chi connectivity index (χ1) is 22.5. The summed E-state index contributed by atoms with van der Waals surface area (Å²) in [7, 11) is 0. The number of anilines is 3. The van der Waals surface area contributed by atoms with Crippen molar-refractivity contribution in [2.75, 3.05) is 4.90 Å². The third-order valence-corrected chi connectivity index (χ3v) is 8.88. The van der Waals surface area contributed by atoms with Crippen LogP contribution < -0.4 is 4.90 Å². The Bertz CT molecular complexity index is 2090. The van der Waals surface area contributed by atoms with Gasteiger partial charge in [0.05, 0.1) is 11.6 Å². The van der Waals surface area contributed by atoms with Crippen LogP contribution in [0.15, 0.2) is 146 Å². The second-order valence-electron chi connectivity index (χ2n) is 12.2. The van der Waals surface area contributed by atoms with E-state index in [1.807, 2.05) is 36.4 Å². The monoisotopic (exact) mass is 590 g/mol. The van der Waals surface area contributed by atoms with E-state index >= 15 is 0 Å². The average molecular weight is 591 g/mol. The van der Waals surface area contributed by atoms with Gasteiger partial charge in [-0.25, -0.2) is 0 Å². The van der Waals surface area contributed by atoms with E-state index in [-0.39, 0.29) is 5.41 Å². The van der Waals surface area contributed by atoms with Crippen molar-refractivity contribution in [3.8, 4) is 17.2 Å². The molecule has 0 fully saturated rings. The van der Waals surface area contributed by atoms with E-state index in [1.54, 1.807) is 0 Å². The third kappa shape index (κ3) is 5.68. The van der Waals surface area contributed by atoms with Gasteiger partial charge >= 0.3 is 0 Å². The van der Waals surface area contributed by atoms with Crippen molar-refractivity contribution < 1.29 is 0 Å². The third-order valence-electron chi connectivity index (χ3n) is 8.88. The molecule has 220 valence electrons. The van der Waals surface area contributed by atoms with Gasteiger partial charge in [0.1, 0.15) is 0 Å². The van der Waals surface area contributed by atoms with Crippen LogP contribution in [0.1, 0.15) is 52.8 Å². The van der Waals surface area contributed by atoms with Gasteiger partial charge in [-0.05, 0) is 93.0 Å². The van der Waals surface area contributed by atoms with Gasteiger partial charge in [-0.1, -0.05) is 135 Å². The zero-order valence-electron chi connectivity index (χ0n) is 26.1. The van der Waals surface area contributed by atoms with Crippen LogP contribution >= 0.6 is 0 Å². The van der Waals surface area contributed by atoms with E-state index < -0.39 is 0 Å². The van der Waals surface area contributed by atoms with E-state index in [9.17, 15) is 5.26 Å². The summed E-state index contributed by atoms with van der Waals surface area (Å²) < 4.78 is 0. The van der Waals surface area contributed by atoms with Crippen molar-refractivity contribution in [2.24, 2.45) is 0 Å². The van der Waals surface area contributed by atoms with Crippen LogP contribution in [-0.4, -0.2) is 0 Å². The molecule has 0 N–H and O–H groups in total. The molecule has 1 aliphatic carbocycles. The van der Waals surface area contributed by atoms with Gasteiger partial charge in [-0.2, -0.15) is 5.26 Å². The van der Waals surface area contributed by atoms with Crippen LogP contribution in [0.2, 0.25) is 0 Å². The summed E-state index contributed by atoms with van der Waals surface area (Å²) in [4.78, 5) is 2.28. The maximum Gasteiger partial charge on any atom is 0.0991 e. The van der Waals surface area contributed by atoms with E-state index in [0.717, 1.165) is 22.6 Å². The van der Waals surface area contributed by atoms with Gasteiger partial charge in [-0.3, -0.25) is 0 Å². The van der Waals surface area contributed by atoms with Crippen LogP contribution in [0.5, 0.6) is 0 Å². The van der Waals surface area contributed by atoms with Crippen molar-refractivity contribution in [2.45, 2.75) is 19.3 Å². The number of nitriles is 1. The smallest absolute Gasteiger partial charge is 0.0991 e. The lowest BCUT2D eigenvalue weighted by Gasteiger charge is -2.28. The zero-order valence-corrected chi connectivity index (χ0v) is 26.1. The highest BCUT2D eigenvalue weighted by molar-refractivity contribution is 5.87. The van der Waals surface area contributed by atoms with E-state index in [4.69, 9.17) is 0 Å². The van der Waals surface area contributed by atoms with Crippen molar-refractivity contribution in [3.05, 3.63) is 185 Å². The Kier molecular flexibility index (Phi) is 7.67. The van der Waals surface area contributed by atoms with E-state index in [2.05, 4.69) is 158 Å². The predicted molar refractivity (Wildman–Crippen MR) is 194 cm³/mol. The van der Waals surface area contributed by atoms with Gasteiger partial charge in [0.25, 0.3) is 0 Å². The van der Waals surface area contributed by atoms with Gasteiger partial charge in [-0.15, -0.1) is 0 Å². The van der Waals surface area contributed by atoms with Crippen LogP contribution in [0.4, 0.5) is 17.1 Å². The Hall–Kier alpha value is -5.91. The normalized spacial score (nSPS) is 13.0. The zero-order chi connectivity index (χ0) is 31.5. The molecule has 0 saturated carbocycles. The summed E-state index contributed by atoms with van der Waals surface area (Å²) in [6, 6.07) is 53.2. The largest absolute Gasteiger partial charge is 0.310 e. The molecule has 2 heteroatoms. The molecule has 0 unspecified atom stereocenters. The maximum absolute atomic E-state index is 9.45. The Balaban J connectivity index is 1.24. The molecule has 1 aliphatic rings. The lowest BCUT2D eigenvalue weighted by Crippen LogP contribution is -2.16. The fourth-order valence-electron chi connectivity index (χ4n) is 6.37. The molecule has 0 bridgehead atoms. The van der Waals surface area contributed by atoms with E-state index in [1.165, 1.54) is 38.9 Å². The summed E-state index contributed by atoms with van der Waals surface area (Å²) in [5.41, 5.74) is 13.6. The van der Waals surface area contributed by atoms with Crippen molar-refractivity contribution in [1.82, 2.24) is 0 Å². The van der Waals surface area contributed by atoms with Crippen molar-refractivity contribution >= 4 is 41.4 Å². The first kappa shape index (κ1) is 28.8. The molecule has 6 aromatic rings. The fourth-order valence-corrected chi connectivity index (χ4v) is 6.37. The molecular formula is C44H34N2. The molecule has 6 aromatic carbocycles. The van der Waals surface area contributed by atoms with Gasteiger partial charge in [0.2, 0.25) is 0 Å². The van der Waals surface area contributed by atoms with Crippen LogP contribution in [-0.2, 0) is 5.41 Å². The topological polar surface area (TPSA) is 27.0 Å². The van der Waals surface area contributed by atoms with Crippen LogP contribution in [0, 0.1) is 11.3 Å². The maximum atomic E-state index is 9.45. The number of fused-ring (bicyclic) bond motifs is 3. The minimum absolute atomic E-state index is 0.167. The van der Waals surface area contributed by atoms with Crippen LogP contribution in [0.25, 0.3) is 35.4 Å². The van der Waals surface area contributed by atoms with Gasteiger partial charge < -0.3 is 4.90 Å². The fraction of sp³-hybridized carbons (Fsp3) is 0.0682.